The van der Waals surface area contributed by atoms with Gasteiger partial charge in [-0.3, -0.25) is 9.69 Å². The zero-order valence-corrected chi connectivity index (χ0v) is 21.5. The lowest BCUT2D eigenvalue weighted by Gasteiger charge is -2.34. The van der Waals surface area contributed by atoms with Gasteiger partial charge in [0.25, 0.3) is 0 Å². The summed E-state index contributed by atoms with van der Waals surface area (Å²) < 4.78 is 1.86. The van der Waals surface area contributed by atoms with Crippen molar-refractivity contribution in [2.24, 2.45) is 0 Å². The summed E-state index contributed by atoms with van der Waals surface area (Å²) in [7, 11) is 3.62. The van der Waals surface area contributed by atoms with Gasteiger partial charge in [0.05, 0.1) is 12.2 Å². The zero-order chi connectivity index (χ0) is 24.1. The first kappa shape index (κ1) is 22.8. The molecule has 1 saturated heterocycles. The molecule has 1 aliphatic heterocycles. The number of aromatic amines is 1. The normalized spacial score (nSPS) is 15.2. The molecule has 34 heavy (non-hydrogen) atoms. The minimum Gasteiger partial charge on any atom is -0.348 e. The van der Waals surface area contributed by atoms with Gasteiger partial charge in [0, 0.05) is 57.6 Å². The molecule has 0 radical (unpaired) electrons. The Morgan fingerprint density at radius 2 is 1.91 bits per heavy atom. The maximum atomic E-state index is 12.0. The molecule has 4 aromatic rings. The van der Waals surface area contributed by atoms with E-state index in [1.165, 1.54) is 11.1 Å². The highest BCUT2D eigenvalue weighted by molar-refractivity contribution is 7.21. The maximum Gasteiger partial charge on any atom is 0.236 e. The van der Waals surface area contributed by atoms with E-state index >= 15 is 0 Å². The maximum absolute atomic E-state index is 12.0. The van der Waals surface area contributed by atoms with Crippen molar-refractivity contribution in [2.45, 2.75) is 33.6 Å². The summed E-state index contributed by atoms with van der Waals surface area (Å²) in [5, 5.41) is 5.42. The number of H-pyrrole nitrogens is 1. The summed E-state index contributed by atoms with van der Waals surface area (Å²) in [6.07, 6.45) is 3.67. The molecule has 0 unspecified atom stereocenters. The van der Waals surface area contributed by atoms with E-state index in [1.807, 2.05) is 18.6 Å². The van der Waals surface area contributed by atoms with Crippen molar-refractivity contribution in [3.05, 3.63) is 29.2 Å². The van der Waals surface area contributed by atoms with Gasteiger partial charge in [-0.1, -0.05) is 25.2 Å². The third-order valence-corrected chi connectivity index (χ3v) is 7.88. The molecule has 1 fully saturated rings. The Labute approximate surface area is 203 Å². The number of thiazole rings is 1. The summed E-state index contributed by atoms with van der Waals surface area (Å²) in [6, 6.07) is 0. The van der Waals surface area contributed by atoms with Crippen LogP contribution in [0.25, 0.3) is 27.3 Å². The first-order valence-electron chi connectivity index (χ1n) is 11.7. The van der Waals surface area contributed by atoms with Gasteiger partial charge >= 0.3 is 0 Å². The molecule has 1 amide bonds. The first-order chi connectivity index (χ1) is 16.2. The molecule has 1 aliphatic rings. The lowest BCUT2D eigenvalue weighted by molar-refractivity contribution is -0.129. The lowest BCUT2D eigenvalue weighted by Crippen LogP contribution is -2.49. The van der Waals surface area contributed by atoms with Crippen LogP contribution in [0.1, 0.15) is 36.5 Å². The predicted molar refractivity (Wildman–Crippen MR) is 137 cm³/mol. The number of likely N-dealkylation sites (N-methyl/N-ethyl adjacent to an activating group) is 1. The molecule has 5 heterocycles. The fourth-order valence-electron chi connectivity index (χ4n) is 4.67. The van der Waals surface area contributed by atoms with Crippen LogP contribution >= 0.6 is 11.3 Å². The topological polar surface area (TPSA) is 85.7 Å². The fraction of sp³-hybridized carbons (Fsp3) is 0.500. The number of nitrogens with zero attached hydrogens (tertiary/aromatic N) is 7. The monoisotopic (exact) mass is 480 g/mol. The molecule has 1 N–H and O–H groups in total. The Kier molecular flexibility index (Phi) is 5.81. The Bertz CT molecular complexity index is 1360. The molecule has 0 spiro atoms. The number of fused-ring (bicyclic) bond motifs is 2. The van der Waals surface area contributed by atoms with E-state index in [9.17, 15) is 4.79 Å². The molecule has 0 saturated carbocycles. The van der Waals surface area contributed by atoms with Crippen molar-refractivity contribution in [3.8, 4) is 11.3 Å². The van der Waals surface area contributed by atoms with Gasteiger partial charge in [-0.15, -0.1) is 0 Å². The zero-order valence-electron chi connectivity index (χ0n) is 20.7. The summed E-state index contributed by atoms with van der Waals surface area (Å²) in [5.74, 6) is 0.471. The van der Waals surface area contributed by atoms with Gasteiger partial charge in [0.1, 0.15) is 16.7 Å². The highest BCUT2D eigenvalue weighted by atomic mass is 32.1. The molecular weight excluding hydrogens is 448 g/mol. The van der Waals surface area contributed by atoms with Crippen molar-refractivity contribution in [3.63, 3.8) is 0 Å². The quantitative estimate of drug-likeness (QED) is 0.472. The third kappa shape index (κ3) is 3.84. The van der Waals surface area contributed by atoms with E-state index in [2.05, 4.69) is 58.8 Å². The van der Waals surface area contributed by atoms with Gasteiger partial charge in [0.2, 0.25) is 5.91 Å². The van der Waals surface area contributed by atoms with E-state index in [0.29, 0.717) is 12.5 Å². The first-order valence-corrected chi connectivity index (χ1v) is 12.6. The molecule has 10 heteroatoms. The third-order valence-electron chi connectivity index (χ3n) is 6.85. The van der Waals surface area contributed by atoms with Crippen molar-refractivity contribution in [2.75, 3.05) is 51.7 Å². The lowest BCUT2D eigenvalue weighted by atomic mass is 9.96. The van der Waals surface area contributed by atoms with E-state index < -0.39 is 0 Å². The van der Waals surface area contributed by atoms with Crippen molar-refractivity contribution in [1.82, 2.24) is 34.4 Å². The number of pyridine rings is 1. The largest absolute Gasteiger partial charge is 0.348 e. The summed E-state index contributed by atoms with van der Waals surface area (Å²) >= 11 is 1.72. The highest BCUT2D eigenvalue weighted by Crippen LogP contribution is 2.41. The van der Waals surface area contributed by atoms with E-state index in [-0.39, 0.29) is 5.91 Å². The highest BCUT2D eigenvalue weighted by Gasteiger charge is 2.26. The van der Waals surface area contributed by atoms with Crippen LogP contribution < -0.4 is 4.90 Å². The molecule has 180 valence electrons. The summed E-state index contributed by atoms with van der Waals surface area (Å²) in [5.41, 5.74) is 7.82. The fourth-order valence-corrected chi connectivity index (χ4v) is 5.71. The minimum atomic E-state index is 0.153. The van der Waals surface area contributed by atoms with Crippen LogP contribution in [0.2, 0.25) is 0 Å². The molecular formula is C24H32N8OS. The second kappa shape index (κ2) is 8.66. The van der Waals surface area contributed by atoms with Crippen LogP contribution in [-0.4, -0.2) is 87.1 Å². The number of rotatable bonds is 5. The minimum absolute atomic E-state index is 0.153. The van der Waals surface area contributed by atoms with Crippen molar-refractivity contribution >= 4 is 38.4 Å². The smallest absolute Gasteiger partial charge is 0.236 e. The second-order valence-electron chi connectivity index (χ2n) is 9.61. The van der Waals surface area contributed by atoms with Gasteiger partial charge in [-0.05, 0) is 30.9 Å². The van der Waals surface area contributed by atoms with Crippen molar-refractivity contribution in [1.29, 1.82) is 0 Å². The van der Waals surface area contributed by atoms with E-state index in [0.717, 1.165) is 64.1 Å². The number of hydrogen-bond donors (Lipinski definition) is 1. The van der Waals surface area contributed by atoms with Crippen LogP contribution in [0.3, 0.4) is 0 Å². The number of carbonyl (C=O) groups excluding carboxylic acids is 1. The molecule has 5 rings (SSSR count). The van der Waals surface area contributed by atoms with Crippen LogP contribution in [0.5, 0.6) is 0 Å². The molecule has 0 aliphatic carbocycles. The molecule has 4 aromatic heterocycles. The Morgan fingerprint density at radius 1 is 1.18 bits per heavy atom. The van der Waals surface area contributed by atoms with Gasteiger partial charge in [-0.2, -0.15) is 5.10 Å². The number of amides is 1. The number of anilines is 1. The second-order valence-corrected chi connectivity index (χ2v) is 10.6. The predicted octanol–water partition coefficient (Wildman–Crippen LogP) is 3.28. The summed E-state index contributed by atoms with van der Waals surface area (Å²) in [4.78, 5) is 32.6. The standard InChI is InChI=1S/C24H32N8OS/c1-14(2)19-20(17-11-32-22(25-13-26-32)16(4)15(17)3)27-23-21(19)28-24(34-23)31-9-7-30(8-10-31)12-18(33)29(5)6/h11,13-14,27H,7-10,12H2,1-6H3. The molecule has 0 aromatic carbocycles. The number of piperazine rings is 1. The Morgan fingerprint density at radius 3 is 2.59 bits per heavy atom. The average molecular weight is 481 g/mol. The molecule has 9 nitrogen and oxygen atoms in total. The number of hydrogen-bond acceptors (Lipinski definition) is 7. The van der Waals surface area contributed by atoms with Gasteiger partial charge in [0.15, 0.2) is 10.8 Å². The van der Waals surface area contributed by atoms with Gasteiger partial charge < -0.3 is 14.8 Å². The van der Waals surface area contributed by atoms with Gasteiger partial charge in [-0.25, -0.2) is 14.5 Å². The van der Waals surface area contributed by atoms with Crippen LogP contribution in [0.15, 0.2) is 12.5 Å². The Balaban J connectivity index is 1.45. The number of aromatic nitrogens is 5. The number of carbonyl (C=O) groups is 1. The molecule has 0 atom stereocenters. The van der Waals surface area contributed by atoms with Crippen LogP contribution in [0, 0.1) is 13.8 Å². The Hall–Kier alpha value is -2.98. The van der Waals surface area contributed by atoms with Crippen LogP contribution in [-0.2, 0) is 4.79 Å². The van der Waals surface area contributed by atoms with E-state index in [1.54, 1.807) is 22.6 Å². The average Bonchev–Trinajstić information content (AvgIpc) is 3.50. The summed E-state index contributed by atoms with van der Waals surface area (Å²) in [6.45, 7) is 12.7. The number of aryl methyl sites for hydroxylation is 1. The number of nitrogens with one attached hydrogen (secondary N) is 1. The van der Waals surface area contributed by atoms with Crippen LogP contribution in [0.4, 0.5) is 5.13 Å². The SMILES string of the molecule is Cc1c(-c2[nH]c3sc(N4CCN(CC(=O)N(C)C)CC4)nc3c2C(C)C)cn2ncnc2c1C. The van der Waals surface area contributed by atoms with E-state index in [4.69, 9.17) is 4.98 Å². The molecule has 0 bridgehead atoms. The van der Waals surface area contributed by atoms with Crippen molar-refractivity contribution < 1.29 is 4.79 Å².